The van der Waals surface area contributed by atoms with Crippen LogP contribution < -0.4 is 28.3 Å². The van der Waals surface area contributed by atoms with Gasteiger partial charge in [-0.15, -0.1) is 0 Å². The van der Waals surface area contributed by atoms with Crippen LogP contribution in [-0.2, 0) is 0 Å². The van der Waals surface area contributed by atoms with Gasteiger partial charge in [0.2, 0.25) is 0 Å². The minimum Gasteiger partial charge on any atom is -0.326 e. The van der Waals surface area contributed by atoms with Crippen LogP contribution in [0.5, 0.6) is 0 Å². The molecule has 0 aliphatic heterocycles. The van der Waals surface area contributed by atoms with Gasteiger partial charge in [0.05, 0.1) is 0 Å². The van der Waals surface area contributed by atoms with E-state index < -0.39 is 0 Å². The van der Waals surface area contributed by atoms with Gasteiger partial charge < -0.3 is 28.3 Å². The molecule has 5 nitrogen and oxygen atoms in total. The van der Waals surface area contributed by atoms with Crippen LogP contribution in [0.25, 0.3) is 0 Å². The molecule has 15 heavy (non-hydrogen) atoms. The SMILES string of the molecule is NC1C=CC(NC2CCC(N)C2N)C1N. The molecule has 1 fully saturated rings. The molecule has 0 amide bonds. The second-order valence-corrected chi connectivity index (χ2v) is 4.66. The highest BCUT2D eigenvalue weighted by atomic mass is 15.1. The van der Waals surface area contributed by atoms with Crippen molar-refractivity contribution in [2.24, 2.45) is 22.9 Å². The summed E-state index contributed by atoms with van der Waals surface area (Å²) < 4.78 is 0. The Morgan fingerprint density at radius 3 is 2.13 bits per heavy atom. The van der Waals surface area contributed by atoms with Crippen LogP contribution in [0.3, 0.4) is 0 Å². The third-order valence-corrected chi connectivity index (χ3v) is 3.58. The monoisotopic (exact) mass is 211 g/mol. The molecule has 2 rings (SSSR count). The fourth-order valence-corrected chi connectivity index (χ4v) is 2.41. The van der Waals surface area contributed by atoms with Gasteiger partial charge in [0.1, 0.15) is 0 Å². The molecule has 0 aromatic heterocycles. The average molecular weight is 211 g/mol. The Morgan fingerprint density at radius 2 is 1.67 bits per heavy atom. The summed E-state index contributed by atoms with van der Waals surface area (Å²) in [7, 11) is 0. The van der Waals surface area contributed by atoms with Crippen LogP contribution in [0.1, 0.15) is 12.8 Å². The highest BCUT2D eigenvalue weighted by Gasteiger charge is 2.34. The maximum absolute atomic E-state index is 6.00. The molecule has 9 N–H and O–H groups in total. The van der Waals surface area contributed by atoms with Crippen molar-refractivity contribution in [1.29, 1.82) is 0 Å². The lowest BCUT2D eigenvalue weighted by molar-refractivity contribution is 0.394. The lowest BCUT2D eigenvalue weighted by Gasteiger charge is -2.26. The van der Waals surface area contributed by atoms with Crippen molar-refractivity contribution in [3.05, 3.63) is 12.2 Å². The van der Waals surface area contributed by atoms with Crippen molar-refractivity contribution in [2.75, 3.05) is 0 Å². The first-order valence-electron chi connectivity index (χ1n) is 5.56. The molecule has 0 bridgehead atoms. The Hall–Kier alpha value is -0.460. The second kappa shape index (κ2) is 4.19. The summed E-state index contributed by atoms with van der Waals surface area (Å²) in [4.78, 5) is 0. The molecule has 0 radical (unpaired) electrons. The smallest absolute Gasteiger partial charge is 0.0424 e. The Bertz CT molecular complexity index is 254. The zero-order valence-electron chi connectivity index (χ0n) is 8.84. The molecule has 0 heterocycles. The lowest BCUT2D eigenvalue weighted by Crippen LogP contribution is -2.56. The van der Waals surface area contributed by atoms with Crippen molar-refractivity contribution < 1.29 is 0 Å². The van der Waals surface area contributed by atoms with Gasteiger partial charge in [-0.05, 0) is 12.8 Å². The van der Waals surface area contributed by atoms with Gasteiger partial charge in [0.25, 0.3) is 0 Å². The summed E-state index contributed by atoms with van der Waals surface area (Å²) in [5.74, 6) is 0. The largest absolute Gasteiger partial charge is 0.326 e. The van der Waals surface area contributed by atoms with Crippen LogP contribution in [-0.4, -0.2) is 36.3 Å². The molecular weight excluding hydrogens is 190 g/mol. The molecule has 5 heteroatoms. The molecule has 1 saturated carbocycles. The van der Waals surface area contributed by atoms with E-state index in [1.165, 1.54) is 0 Å². The Kier molecular flexibility index (Phi) is 3.08. The van der Waals surface area contributed by atoms with E-state index in [9.17, 15) is 0 Å². The van der Waals surface area contributed by atoms with Crippen LogP contribution in [0, 0.1) is 0 Å². The number of rotatable bonds is 2. The van der Waals surface area contributed by atoms with Crippen molar-refractivity contribution in [2.45, 2.75) is 49.1 Å². The van der Waals surface area contributed by atoms with Gasteiger partial charge in [0, 0.05) is 36.3 Å². The standard InChI is InChI=1S/C10H21N5/c11-5-1-3-7(9(5)13)15-8-4-2-6(12)10(8)14/h1,3,5-10,15H,2,4,11-14H2. The molecule has 2 aliphatic rings. The molecule has 0 aromatic carbocycles. The summed E-state index contributed by atoms with van der Waals surface area (Å²) in [5.41, 5.74) is 23.6. The van der Waals surface area contributed by atoms with E-state index in [0.29, 0.717) is 0 Å². The van der Waals surface area contributed by atoms with E-state index in [0.717, 1.165) is 12.8 Å². The normalized spacial score (nSPS) is 50.1. The maximum atomic E-state index is 6.00. The van der Waals surface area contributed by atoms with Gasteiger partial charge in [-0.3, -0.25) is 0 Å². The molecular formula is C10H21N5. The van der Waals surface area contributed by atoms with Gasteiger partial charge in [-0.2, -0.15) is 0 Å². The number of hydrogen-bond acceptors (Lipinski definition) is 5. The van der Waals surface area contributed by atoms with Gasteiger partial charge in [-0.1, -0.05) is 12.2 Å². The minimum atomic E-state index is -0.0474. The molecule has 0 saturated heterocycles. The van der Waals surface area contributed by atoms with E-state index in [4.69, 9.17) is 22.9 Å². The summed E-state index contributed by atoms with van der Waals surface area (Å²) in [5, 5.41) is 3.44. The van der Waals surface area contributed by atoms with E-state index >= 15 is 0 Å². The first-order valence-corrected chi connectivity index (χ1v) is 5.56. The number of nitrogens with one attached hydrogen (secondary N) is 1. The Balaban J connectivity index is 1.90. The number of hydrogen-bond donors (Lipinski definition) is 5. The third kappa shape index (κ3) is 2.07. The van der Waals surface area contributed by atoms with E-state index in [1.807, 2.05) is 12.2 Å². The van der Waals surface area contributed by atoms with E-state index in [2.05, 4.69) is 5.32 Å². The summed E-state index contributed by atoms with van der Waals surface area (Å²) in [6, 6.07) is 0.454. The molecule has 6 unspecified atom stereocenters. The van der Waals surface area contributed by atoms with E-state index in [-0.39, 0.29) is 36.3 Å². The summed E-state index contributed by atoms with van der Waals surface area (Å²) in [6.45, 7) is 0. The third-order valence-electron chi connectivity index (χ3n) is 3.58. The zero-order valence-corrected chi connectivity index (χ0v) is 8.84. The fourth-order valence-electron chi connectivity index (χ4n) is 2.41. The predicted octanol–water partition coefficient (Wildman–Crippen LogP) is -2.01. The maximum Gasteiger partial charge on any atom is 0.0424 e. The van der Waals surface area contributed by atoms with Crippen LogP contribution in [0.2, 0.25) is 0 Å². The van der Waals surface area contributed by atoms with Crippen LogP contribution in [0.4, 0.5) is 0 Å². The quantitative estimate of drug-likeness (QED) is 0.338. The van der Waals surface area contributed by atoms with Gasteiger partial charge in [0.15, 0.2) is 0 Å². The molecule has 6 atom stereocenters. The first-order chi connectivity index (χ1) is 7.09. The van der Waals surface area contributed by atoms with Crippen molar-refractivity contribution in [3.8, 4) is 0 Å². The van der Waals surface area contributed by atoms with Crippen molar-refractivity contribution >= 4 is 0 Å². The summed E-state index contributed by atoms with van der Waals surface area (Å²) in [6.07, 6.45) is 5.99. The average Bonchev–Trinajstić information content (AvgIpc) is 2.68. The summed E-state index contributed by atoms with van der Waals surface area (Å²) >= 11 is 0. The lowest BCUT2D eigenvalue weighted by atomic mass is 10.1. The second-order valence-electron chi connectivity index (χ2n) is 4.66. The fraction of sp³-hybridized carbons (Fsp3) is 0.800. The predicted molar refractivity (Wildman–Crippen MR) is 61.0 cm³/mol. The highest BCUT2D eigenvalue weighted by Crippen LogP contribution is 2.19. The van der Waals surface area contributed by atoms with E-state index in [1.54, 1.807) is 0 Å². The highest BCUT2D eigenvalue weighted by molar-refractivity contribution is 5.17. The zero-order chi connectivity index (χ0) is 11.0. The molecule has 0 aromatic rings. The molecule has 2 aliphatic carbocycles. The first kappa shape index (κ1) is 11.0. The topological polar surface area (TPSA) is 116 Å². The van der Waals surface area contributed by atoms with Gasteiger partial charge in [-0.25, -0.2) is 0 Å². The number of nitrogens with two attached hydrogens (primary N) is 4. The minimum absolute atomic E-state index is 0.0300. The Morgan fingerprint density at radius 1 is 0.933 bits per heavy atom. The molecule has 0 spiro atoms. The van der Waals surface area contributed by atoms with Crippen molar-refractivity contribution in [1.82, 2.24) is 5.32 Å². The molecule has 86 valence electrons. The van der Waals surface area contributed by atoms with Gasteiger partial charge >= 0.3 is 0 Å². The van der Waals surface area contributed by atoms with Crippen molar-refractivity contribution in [3.63, 3.8) is 0 Å². The Labute approximate surface area is 90.2 Å². The van der Waals surface area contributed by atoms with Crippen LogP contribution >= 0.6 is 0 Å². The van der Waals surface area contributed by atoms with Crippen LogP contribution in [0.15, 0.2) is 12.2 Å².